The lowest BCUT2D eigenvalue weighted by Crippen LogP contribution is -2.13. The summed E-state index contributed by atoms with van der Waals surface area (Å²) in [7, 11) is -3.69. The van der Waals surface area contributed by atoms with Crippen LogP contribution in [-0.4, -0.2) is 13.4 Å². The number of hydrogen-bond acceptors (Lipinski definition) is 4. The van der Waals surface area contributed by atoms with Gasteiger partial charge in [0.2, 0.25) is 10.0 Å². The minimum Gasteiger partial charge on any atom is -0.376 e. The van der Waals surface area contributed by atoms with E-state index in [-0.39, 0.29) is 10.9 Å². The van der Waals surface area contributed by atoms with Gasteiger partial charge in [-0.05, 0) is 52.7 Å². The summed E-state index contributed by atoms with van der Waals surface area (Å²) in [6.45, 7) is 1.93. The summed E-state index contributed by atoms with van der Waals surface area (Å²) in [5, 5.41) is 8.40. The van der Waals surface area contributed by atoms with Crippen LogP contribution in [0.15, 0.2) is 52.1 Å². The molecule has 1 atom stereocenters. The standard InChI is InChI=1S/C13H14BrN3O2S/c1-9(17-12-6-3-7-16-13(12)14)10-4-2-5-11(8-10)20(15,18)19/h2-9,17H,1H3,(H2,15,18,19). The van der Waals surface area contributed by atoms with Gasteiger partial charge < -0.3 is 5.32 Å². The van der Waals surface area contributed by atoms with E-state index >= 15 is 0 Å². The number of primary sulfonamides is 1. The van der Waals surface area contributed by atoms with E-state index in [9.17, 15) is 8.42 Å². The molecular formula is C13H14BrN3O2S. The largest absolute Gasteiger partial charge is 0.376 e. The molecule has 0 saturated carbocycles. The predicted octanol–water partition coefficient (Wildman–Crippen LogP) is 2.66. The van der Waals surface area contributed by atoms with Crippen molar-refractivity contribution in [2.45, 2.75) is 17.9 Å². The monoisotopic (exact) mass is 355 g/mol. The molecule has 0 amide bonds. The third-order valence-corrected chi connectivity index (χ3v) is 4.36. The molecule has 0 spiro atoms. The number of anilines is 1. The van der Waals surface area contributed by atoms with Gasteiger partial charge in [0.15, 0.2) is 0 Å². The third kappa shape index (κ3) is 3.56. The Bertz CT molecular complexity index is 719. The van der Waals surface area contributed by atoms with E-state index in [0.717, 1.165) is 11.3 Å². The molecule has 0 saturated heterocycles. The van der Waals surface area contributed by atoms with Crippen LogP contribution < -0.4 is 10.5 Å². The van der Waals surface area contributed by atoms with Crippen LogP contribution in [0.25, 0.3) is 0 Å². The van der Waals surface area contributed by atoms with Gasteiger partial charge in [-0.3, -0.25) is 0 Å². The van der Waals surface area contributed by atoms with E-state index in [1.165, 1.54) is 6.07 Å². The molecule has 106 valence electrons. The number of aromatic nitrogens is 1. The maximum absolute atomic E-state index is 11.4. The number of rotatable bonds is 4. The molecule has 0 bridgehead atoms. The quantitative estimate of drug-likeness (QED) is 0.825. The van der Waals surface area contributed by atoms with Crippen LogP contribution in [0.3, 0.4) is 0 Å². The SMILES string of the molecule is CC(Nc1cccnc1Br)c1cccc(S(N)(=O)=O)c1. The maximum atomic E-state index is 11.4. The average Bonchev–Trinajstić information content (AvgIpc) is 2.40. The molecule has 0 fully saturated rings. The topological polar surface area (TPSA) is 85.1 Å². The van der Waals surface area contributed by atoms with E-state index in [4.69, 9.17) is 5.14 Å². The van der Waals surface area contributed by atoms with E-state index in [1.807, 2.05) is 25.1 Å². The number of nitrogens with one attached hydrogen (secondary N) is 1. The van der Waals surface area contributed by atoms with E-state index in [2.05, 4.69) is 26.2 Å². The number of nitrogens with two attached hydrogens (primary N) is 1. The fraction of sp³-hybridized carbons (Fsp3) is 0.154. The van der Waals surface area contributed by atoms with E-state index in [0.29, 0.717) is 4.60 Å². The molecule has 0 aliphatic rings. The number of sulfonamides is 1. The number of benzene rings is 1. The molecule has 20 heavy (non-hydrogen) atoms. The Morgan fingerprint density at radius 1 is 1.30 bits per heavy atom. The van der Waals surface area contributed by atoms with Crippen LogP contribution in [0.5, 0.6) is 0 Å². The number of hydrogen-bond donors (Lipinski definition) is 2. The first-order valence-electron chi connectivity index (χ1n) is 5.88. The fourth-order valence-corrected chi connectivity index (χ4v) is 2.70. The average molecular weight is 356 g/mol. The number of nitrogens with zero attached hydrogens (tertiary/aromatic N) is 1. The van der Waals surface area contributed by atoms with Crippen molar-refractivity contribution >= 4 is 31.6 Å². The minimum absolute atomic E-state index is 0.0859. The highest BCUT2D eigenvalue weighted by Gasteiger charge is 2.12. The number of pyridine rings is 1. The summed E-state index contributed by atoms with van der Waals surface area (Å²) in [6.07, 6.45) is 1.68. The molecule has 0 aliphatic heterocycles. The van der Waals surface area contributed by atoms with Crippen molar-refractivity contribution in [2.24, 2.45) is 5.14 Å². The van der Waals surface area contributed by atoms with Crippen molar-refractivity contribution in [3.05, 3.63) is 52.8 Å². The van der Waals surface area contributed by atoms with Gasteiger partial charge >= 0.3 is 0 Å². The van der Waals surface area contributed by atoms with Crippen molar-refractivity contribution in [3.8, 4) is 0 Å². The van der Waals surface area contributed by atoms with Crippen molar-refractivity contribution in [2.75, 3.05) is 5.32 Å². The van der Waals surface area contributed by atoms with Gasteiger partial charge in [-0.2, -0.15) is 0 Å². The molecule has 1 unspecified atom stereocenters. The molecular weight excluding hydrogens is 342 g/mol. The van der Waals surface area contributed by atoms with Gasteiger partial charge in [-0.25, -0.2) is 18.5 Å². The number of halogens is 1. The van der Waals surface area contributed by atoms with Crippen molar-refractivity contribution in [3.63, 3.8) is 0 Å². The fourth-order valence-electron chi connectivity index (χ4n) is 1.77. The van der Waals surface area contributed by atoms with E-state index in [1.54, 1.807) is 18.3 Å². The molecule has 2 aromatic rings. The van der Waals surface area contributed by atoms with Crippen molar-refractivity contribution < 1.29 is 8.42 Å². The van der Waals surface area contributed by atoms with Gasteiger partial charge in [-0.1, -0.05) is 12.1 Å². The summed E-state index contributed by atoms with van der Waals surface area (Å²) >= 11 is 3.35. The zero-order chi connectivity index (χ0) is 14.8. The van der Waals surface area contributed by atoms with Gasteiger partial charge in [0.25, 0.3) is 0 Å². The zero-order valence-corrected chi connectivity index (χ0v) is 13.1. The summed E-state index contributed by atoms with van der Waals surface area (Å²) < 4.78 is 23.4. The first-order valence-corrected chi connectivity index (χ1v) is 8.21. The normalized spacial score (nSPS) is 12.9. The Labute approximate surface area is 126 Å². The van der Waals surface area contributed by atoms with Crippen LogP contribution in [0.2, 0.25) is 0 Å². The predicted molar refractivity (Wildman–Crippen MR) is 81.8 cm³/mol. The van der Waals surface area contributed by atoms with Gasteiger partial charge in [0.1, 0.15) is 4.60 Å². The Morgan fingerprint density at radius 3 is 2.70 bits per heavy atom. The molecule has 2 rings (SSSR count). The second kappa shape index (κ2) is 5.90. The molecule has 1 aromatic heterocycles. The van der Waals surface area contributed by atoms with Gasteiger partial charge in [0.05, 0.1) is 10.6 Å². The molecule has 5 nitrogen and oxygen atoms in total. The lowest BCUT2D eigenvalue weighted by Gasteiger charge is -2.17. The van der Waals surface area contributed by atoms with Crippen LogP contribution in [0, 0.1) is 0 Å². The molecule has 7 heteroatoms. The Morgan fingerprint density at radius 2 is 2.05 bits per heavy atom. The zero-order valence-electron chi connectivity index (χ0n) is 10.7. The Kier molecular flexibility index (Phi) is 4.42. The highest BCUT2D eigenvalue weighted by atomic mass is 79.9. The highest BCUT2D eigenvalue weighted by molar-refractivity contribution is 9.10. The van der Waals surface area contributed by atoms with Crippen LogP contribution in [-0.2, 0) is 10.0 Å². The molecule has 1 aromatic carbocycles. The van der Waals surface area contributed by atoms with Crippen LogP contribution >= 0.6 is 15.9 Å². The summed E-state index contributed by atoms with van der Waals surface area (Å²) in [4.78, 5) is 4.23. The van der Waals surface area contributed by atoms with Gasteiger partial charge in [0, 0.05) is 12.2 Å². The maximum Gasteiger partial charge on any atom is 0.238 e. The first-order chi connectivity index (χ1) is 9.38. The Hall–Kier alpha value is -1.44. The van der Waals surface area contributed by atoms with E-state index < -0.39 is 10.0 Å². The second-order valence-corrected chi connectivity index (χ2v) is 6.64. The molecule has 0 aliphatic carbocycles. The third-order valence-electron chi connectivity index (χ3n) is 2.82. The summed E-state index contributed by atoms with van der Waals surface area (Å²) in [5.41, 5.74) is 1.66. The first kappa shape index (κ1) is 15.0. The molecule has 0 radical (unpaired) electrons. The van der Waals surface area contributed by atoms with Crippen LogP contribution in [0.4, 0.5) is 5.69 Å². The lowest BCUT2D eigenvalue weighted by molar-refractivity contribution is 0.597. The van der Waals surface area contributed by atoms with Crippen molar-refractivity contribution in [1.29, 1.82) is 0 Å². The smallest absolute Gasteiger partial charge is 0.238 e. The summed E-state index contributed by atoms with van der Waals surface area (Å²) in [6, 6.07) is 10.2. The molecule has 3 N–H and O–H groups in total. The Balaban J connectivity index is 2.26. The van der Waals surface area contributed by atoms with Crippen LogP contribution in [0.1, 0.15) is 18.5 Å². The summed E-state index contributed by atoms with van der Waals surface area (Å²) in [5.74, 6) is 0. The minimum atomic E-state index is -3.69. The second-order valence-electron chi connectivity index (χ2n) is 4.33. The lowest BCUT2D eigenvalue weighted by atomic mass is 10.1. The van der Waals surface area contributed by atoms with Gasteiger partial charge in [-0.15, -0.1) is 0 Å². The highest BCUT2D eigenvalue weighted by Crippen LogP contribution is 2.25. The molecule has 1 heterocycles. The van der Waals surface area contributed by atoms with Crippen molar-refractivity contribution in [1.82, 2.24) is 4.98 Å².